The molecule has 2 aromatic carbocycles. The van der Waals surface area contributed by atoms with Gasteiger partial charge in [-0.05, 0) is 59.4 Å². The second kappa shape index (κ2) is 7.45. The lowest BCUT2D eigenvalue weighted by Gasteiger charge is -2.20. The Bertz CT molecular complexity index is 1390. The van der Waals surface area contributed by atoms with Crippen molar-refractivity contribution in [3.63, 3.8) is 0 Å². The quantitative estimate of drug-likeness (QED) is 0.506. The summed E-state index contributed by atoms with van der Waals surface area (Å²) in [7, 11) is 0. The average molecular weight is 434 g/mol. The van der Waals surface area contributed by atoms with Crippen LogP contribution in [0, 0.1) is 0 Å². The number of hydrogen-bond donors (Lipinski definition) is 2. The molecule has 2 aliphatic rings. The fourth-order valence-corrected chi connectivity index (χ4v) is 5.05. The van der Waals surface area contributed by atoms with E-state index in [1.807, 2.05) is 71.6 Å². The van der Waals surface area contributed by atoms with E-state index in [-0.39, 0.29) is 18.4 Å². The SMILES string of the molecule is O=C(Cn1ccc(-c2ccccc2)c1)Nc1ccc2c(c1)CC1(C2)C(=O)Nc2ncccc21. The molecule has 0 fully saturated rings. The number of fused-ring (bicyclic) bond motifs is 3. The van der Waals surface area contributed by atoms with Crippen LogP contribution in [0.5, 0.6) is 0 Å². The third kappa shape index (κ3) is 3.31. The predicted octanol–water partition coefficient (Wildman–Crippen LogP) is 4.18. The molecule has 6 rings (SSSR count). The molecule has 3 heterocycles. The first-order valence-electron chi connectivity index (χ1n) is 11.0. The van der Waals surface area contributed by atoms with Crippen LogP contribution in [-0.4, -0.2) is 21.4 Å². The van der Waals surface area contributed by atoms with E-state index < -0.39 is 5.41 Å². The van der Waals surface area contributed by atoms with Crippen molar-refractivity contribution in [2.75, 3.05) is 10.6 Å². The van der Waals surface area contributed by atoms with E-state index in [4.69, 9.17) is 0 Å². The Balaban J connectivity index is 1.17. The lowest BCUT2D eigenvalue weighted by Crippen LogP contribution is -2.35. The number of carbonyl (C=O) groups is 2. The molecule has 1 unspecified atom stereocenters. The first kappa shape index (κ1) is 19.5. The molecule has 2 N–H and O–H groups in total. The van der Waals surface area contributed by atoms with E-state index in [0.717, 1.165) is 33.5 Å². The summed E-state index contributed by atoms with van der Waals surface area (Å²) in [6.45, 7) is 0.231. The van der Waals surface area contributed by atoms with Gasteiger partial charge in [-0.1, -0.05) is 42.5 Å². The Morgan fingerprint density at radius 2 is 1.85 bits per heavy atom. The van der Waals surface area contributed by atoms with Crippen LogP contribution in [-0.2, 0) is 34.4 Å². The van der Waals surface area contributed by atoms with Crippen molar-refractivity contribution < 1.29 is 9.59 Å². The van der Waals surface area contributed by atoms with Crippen LogP contribution in [0.15, 0.2) is 85.3 Å². The Labute approximate surface area is 191 Å². The molecule has 162 valence electrons. The van der Waals surface area contributed by atoms with Crippen molar-refractivity contribution in [2.24, 2.45) is 0 Å². The lowest BCUT2D eigenvalue weighted by atomic mass is 9.79. The molecule has 0 bridgehead atoms. The van der Waals surface area contributed by atoms with E-state index in [9.17, 15) is 9.59 Å². The molecule has 2 aromatic heterocycles. The highest BCUT2D eigenvalue weighted by atomic mass is 16.2. The Morgan fingerprint density at radius 3 is 2.73 bits per heavy atom. The molecule has 1 aliphatic carbocycles. The number of aromatic nitrogens is 2. The van der Waals surface area contributed by atoms with Crippen molar-refractivity contribution in [2.45, 2.75) is 24.8 Å². The normalized spacial score (nSPS) is 18.1. The smallest absolute Gasteiger partial charge is 0.244 e. The molecular weight excluding hydrogens is 412 g/mol. The number of hydrogen-bond acceptors (Lipinski definition) is 3. The maximum atomic E-state index is 12.9. The van der Waals surface area contributed by atoms with Crippen LogP contribution in [0.1, 0.15) is 16.7 Å². The summed E-state index contributed by atoms with van der Waals surface area (Å²) in [6, 6.07) is 21.9. The van der Waals surface area contributed by atoms with Gasteiger partial charge in [0.1, 0.15) is 12.4 Å². The van der Waals surface area contributed by atoms with Crippen LogP contribution in [0.25, 0.3) is 11.1 Å². The van der Waals surface area contributed by atoms with Gasteiger partial charge in [0, 0.05) is 29.8 Å². The number of rotatable bonds is 4. The third-order valence-corrected chi connectivity index (χ3v) is 6.65. The van der Waals surface area contributed by atoms with Crippen LogP contribution in [0.3, 0.4) is 0 Å². The largest absolute Gasteiger partial charge is 0.344 e. The van der Waals surface area contributed by atoms with E-state index in [0.29, 0.717) is 18.7 Å². The van der Waals surface area contributed by atoms with Gasteiger partial charge < -0.3 is 15.2 Å². The van der Waals surface area contributed by atoms with E-state index in [1.165, 1.54) is 0 Å². The van der Waals surface area contributed by atoms with Crippen molar-refractivity contribution >= 4 is 23.3 Å². The van der Waals surface area contributed by atoms with E-state index in [1.54, 1.807) is 6.20 Å². The summed E-state index contributed by atoms with van der Waals surface area (Å²) in [6.07, 6.45) is 6.84. The minimum absolute atomic E-state index is 0.000173. The second-order valence-electron chi connectivity index (χ2n) is 8.76. The van der Waals surface area contributed by atoms with Gasteiger partial charge in [-0.25, -0.2) is 4.98 Å². The topological polar surface area (TPSA) is 76.0 Å². The number of amides is 2. The minimum Gasteiger partial charge on any atom is -0.344 e. The maximum absolute atomic E-state index is 12.9. The molecule has 1 spiro atoms. The second-order valence-corrected chi connectivity index (χ2v) is 8.76. The molecule has 0 saturated heterocycles. The fraction of sp³-hybridized carbons (Fsp3) is 0.148. The zero-order valence-electron chi connectivity index (χ0n) is 17.9. The van der Waals surface area contributed by atoms with Crippen molar-refractivity contribution in [1.29, 1.82) is 0 Å². The number of carbonyl (C=O) groups excluding carboxylic acids is 2. The van der Waals surface area contributed by atoms with Gasteiger partial charge in [0.25, 0.3) is 0 Å². The zero-order valence-corrected chi connectivity index (χ0v) is 17.9. The van der Waals surface area contributed by atoms with Gasteiger partial charge in [0.05, 0.1) is 5.41 Å². The molecule has 6 nitrogen and oxygen atoms in total. The van der Waals surface area contributed by atoms with Crippen molar-refractivity contribution in [1.82, 2.24) is 9.55 Å². The molecule has 2 amide bonds. The van der Waals surface area contributed by atoms with E-state index >= 15 is 0 Å². The van der Waals surface area contributed by atoms with Crippen LogP contribution in [0.4, 0.5) is 11.5 Å². The summed E-state index contributed by atoms with van der Waals surface area (Å²) < 4.78 is 1.88. The molecule has 1 atom stereocenters. The highest BCUT2D eigenvalue weighted by molar-refractivity contribution is 6.06. The standard InChI is InChI=1S/C27H22N4O2/c32-24(17-31-12-10-20(16-31)18-5-2-1-3-6-18)29-22-9-8-19-14-27(15-21(19)13-22)23-7-4-11-28-25(23)30-26(27)33/h1-13,16H,14-15,17H2,(H,29,32)(H,28,30,33). The highest BCUT2D eigenvalue weighted by Crippen LogP contribution is 2.46. The molecule has 0 radical (unpaired) electrons. The fourth-order valence-electron chi connectivity index (χ4n) is 5.05. The molecule has 6 heteroatoms. The zero-order chi connectivity index (χ0) is 22.4. The number of pyridine rings is 1. The first-order chi connectivity index (χ1) is 16.1. The predicted molar refractivity (Wildman–Crippen MR) is 127 cm³/mol. The van der Waals surface area contributed by atoms with Crippen LogP contribution < -0.4 is 10.6 Å². The third-order valence-electron chi connectivity index (χ3n) is 6.65. The van der Waals surface area contributed by atoms with Gasteiger partial charge in [0.2, 0.25) is 11.8 Å². The number of nitrogens with one attached hydrogen (secondary N) is 2. The van der Waals surface area contributed by atoms with Gasteiger partial charge in [-0.15, -0.1) is 0 Å². The lowest BCUT2D eigenvalue weighted by molar-refractivity contribution is -0.120. The summed E-state index contributed by atoms with van der Waals surface area (Å²) in [5.41, 5.74) is 5.53. The molecule has 0 saturated carbocycles. The number of benzene rings is 2. The van der Waals surface area contributed by atoms with Gasteiger partial charge in [-0.3, -0.25) is 9.59 Å². The van der Waals surface area contributed by atoms with Gasteiger partial charge in [-0.2, -0.15) is 0 Å². The Morgan fingerprint density at radius 1 is 1.00 bits per heavy atom. The molecule has 33 heavy (non-hydrogen) atoms. The first-order valence-corrected chi connectivity index (χ1v) is 11.0. The summed E-state index contributed by atoms with van der Waals surface area (Å²) >= 11 is 0. The Kier molecular flexibility index (Phi) is 4.40. The highest BCUT2D eigenvalue weighted by Gasteiger charge is 2.51. The number of anilines is 2. The molecule has 1 aliphatic heterocycles. The molecular formula is C27H22N4O2. The monoisotopic (exact) mass is 434 g/mol. The average Bonchev–Trinajstić information content (AvgIpc) is 3.51. The van der Waals surface area contributed by atoms with E-state index in [2.05, 4.69) is 27.8 Å². The van der Waals surface area contributed by atoms with Crippen molar-refractivity contribution in [3.8, 4) is 11.1 Å². The van der Waals surface area contributed by atoms with Gasteiger partial charge >= 0.3 is 0 Å². The minimum atomic E-state index is -0.604. The summed E-state index contributed by atoms with van der Waals surface area (Å²) in [4.78, 5) is 29.9. The van der Waals surface area contributed by atoms with Crippen LogP contribution in [0.2, 0.25) is 0 Å². The van der Waals surface area contributed by atoms with Crippen molar-refractivity contribution in [3.05, 3.63) is 102 Å². The summed E-state index contributed by atoms with van der Waals surface area (Å²) in [5, 5.41) is 5.94. The van der Waals surface area contributed by atoms with Gasteiger partial charge in [0.15, 0.2) is 0 Å². The Hall–Kier alpha value is -4.19. The number of nitrogens with zero attached hydrogens (tertiary/aromatic N) is 2. The molecule has 4 aromatic rings. The summed E-state index contributed by atoms with van der Waals surface area (Å²) in [5.74, 6) is 0.566. The van der Waals surface area contributed by atoms with Crippen LogP contribution >= 0.6 is 0 Å². The maximum Gasteiger partial charge on any atom is 0.244 e.